The van der Waals surface area contributed by atoms with Gasteiger partial charge in [-0.15, -0.1) is 0 Å². The van der Waals surface area contributed by atoms with E-state index in [-0.39, 0.29) is 11.8 Å². The van der Waals surface area contributed by atoms with Crippen molar-refractivity contribution < 1.29 is 13.5 Å². The van der Waals surface area contributed by atoms with Crippen molar-refractivity contribution >= 4 is 17.3 Å². The van der Waals surface area contributed by atoms with Crippen molar-refractivity contribution in [3.05, 3.63) is 58.6 Å². The summed E-state index contributed by atoms with van der Waals surface area (Å²) in [5, 5.41) is 4.16. The van der Waals surface area contributed by atoms with Crippen LogP contribution >= 0.6 is 11.6 Å². The van der Waals surface area contributed by atoms with Crippen LogP contribution in [0.1, 0.15) is 23.6 Å². The second-order valence-corrected chi connectivity index (χ2v) is 5.42. The van der Waals surface area contributed by atoms with E-state index in [1.807, 2.05) is 18.2 Å². The van der Waals surface area contributed by atoms with Crippen molar-refractivity contribution in [3.8, 4) is 5.75 Å². The lowest BCUT2D eigenvalue weighted by Crippen LogP contribution is -2.07. The highest BCUT2D eigenvalue weighted by atomic mass is 35.5. The van der Waals surface area contributed by atoms with Crippen molar-refractivity contribution in [2.45, 2.75) is 25.5 Å². The van der Waals surface area contributed by atoms with Gasteiger partial charge in [-0.05, 0) is 60.4 Å². The maximum atomic E-state index is 12.1. The van der Waals surface area contributed by atoms with Gasteiger partial charge in [0.1, 0.15) is 5.75 Å². The van der Waals surface area contributed by atoms with Gasteiger partial charge in [0.05, 0.1) is 6.04 Å². The highest BCUT2D eigenvalue weighted by Gasteiger charge is 2.22. The van der Waals surface area contributed by atoms with E-state index in [4.69, 9.17) is 11.6 Å². The van der Waals surface area contributed by atoms with Gasteiger partial charge in [-0.25, -0.2) is 0 Å². The summed E-state index contributed by atoms with van der Waals surface area (Å²) in [5.41, 5.74) is 3.38. The van der Waals surface area contributed by atoms with E-state index >= 15 is 0 Å². The monoisotopic (exact) mass is 309 g/mol. The van der Waals surface area contributed by atoms with Gasteiger partial charge < -0.3 is 10.1 Å². The van der Waals surface area contributed by atoms with E-state index in [0.29, 0.717) is 0 Å². The molecule has 0 aliphatic heterocycles. The fraction of sp³-hybridized carbons (Fsp3) is 0.250. The predicted molar refractivity (Wildman–Crippen MR) is 79.2 cm³/mol. The topological polar surface area (TPSA) is 21.3 Å². The van der Waals surface area contributed by atoms with Crippen molar-refractivity contribution in [2.24, 2.45) is 0 Å². The van der Waals surface area contributed by atoms with E-state index in [1.54, 1.807) is 12.1 Å². The first-order valence-electron chi connectivity index (χ1n) is 6.71. The Kier molecular flexibility index (Phi) is 3.97. The van der Waals surface area contributed by atoms with Crippen LogP contribution in [-0.4, -0.2) is 6.61 Å². The highest BCUT2D eigenvalue weighted by molar-refractivity contribution is 6.30. The molecule has 3 rings (SSSR count). The molecular formula is C16H14ClF2NO. The summed E-state index contributed by atoms with van der Waals surface area (Å²) in [7, 11) is 0. The quantitative estimate of drug-likeness (QED) is 0.854. The number of halogens is 3. The lowest BCUT2D eigenvalue weighted by atomic mass is 10.1. The zero-order valence-corrected chi connectivity index (χ0v) is 11.9. The van der Waals surface area contributed by atoms with Crippen molar-refractivity contribution in [2.75, 3.05) is 5.32 Å². The molecule has 0 heterocycles. The van der Waals surface area contributed by atoms with E-state index < -0.39 is 6.61 Å². The molecule has 0 saturated carbocycles. The first kappa shape index (κ1) is 14.1. The van der Waals surface area contributed by atoms with Crippen LogP contribution in [0, 0.1) is 0 Å². The minimum Gasteiger partial charge on any atom is -0.435 e. The Morgan fingerprint density at radius 2 is 1.90 bits per heavy atom. The largest absolute Gasteiger partial charge is 0.435 e. The molecule has 0 saturated heterocycles. The van der Waals surface area contributed by atoms with Crippen LogP contribution in [0.5, 0.6) is 5.75 Å². The van der Waals surface area contributed by atoms with Crippen LogP contribution in [-0.2, 0) is 6.42 Å². The summed E-state index contributed by atoms with van der Waals surface area (Å²) in [4.78, 5) is 0. The number of nitrogens with one attached hydrogen (secondary N) is 1. The second-order valence-electron chi connectivity index (χ2n) is 4.98. The summed E-state index contributed by atoms with van der Waals surface area (Å²) >= 11 is 5.99. The predicted octanol–water partition coefficient (Wildman–Crippen LogP) is 5.04. The third-order valence-corrected chi connectivity index (χ3v) is 3.84. The van der Waals surface area contributed by atoms with Crippen molar-refractivity contribution in [3.63, 3.8) is 0 Å². The Labute approximate surface area is 126 Å². The summed E-state index contributed by atoms with van der Waals surface area (Å²) < 4.78 is 28.5. The third kappa shape index (κ3) is 3.27. The molecule has 21 heavy (non-hydrogen) atoms. The van der Waals surface area contributed by atoms with Crippen LogP contribution in [0.4, 0.5) is 14.5 Å². The molecule has 1 atom stereocenters. The fourth-order valence-corrected chi connectivity index (χ4v) is 2.86. The van der Waals surface area contributed by atoms with Gasteiger partial charge in [-0.1, -0.05) is 17.7 Å². The molecule has 5 heteroatoms. The average molecular weight is 310 g/mol. The van der Waals surface area contributed by atoms with Gasteiger partial charge >= 0.3 is 6.61 Å². The highest BCUT2D eigenvalue weighted by Crippen LogP contribution is 2.35. The van der Waals surface area contributed by atoms with Crippen LogP contribution in [0.25, 0.3) is 0 Å². The first-order valence-corrected chi connectivity index (χ1v) is 7.09. The average Bonchev–Trinajstić information content (AvgIpc) is 2.83. The Morgan fingerprint density at radius 3 is 2.62 bits per heavy atom. The molecule has 0 fully saturated rings. The number of alkyl halides is 2. The number of aryl methyl sites for hydroxylation is 1. The standard InChI is InChI=1S/C16H14ClF2NO/c17-11-2-7-14-10(9-11)1-8-15(14)20-12-3-5-13(6-4-12)21-16(18)19/h2-7,9,15-16,20H,1,8H2. The summed E-state index contributed by atoms with van der Waals surface area (Å²) in [6, 6.07) is 12.7. The SMILES string of the molecule is FC(F)Oc1ccc(NC2CCc3cc(Cl)ccc32)cc1. The van der Waals surface area contributed by atoms with E-state index in [1.165, 1.54) is 23.3 Å². The van der Waals surface area contributed by atoms with Crippen LogP contribution in [0.15, 0.2) is 42.5 Å². The number of benzene rings is 2. The van der Waals surface area contributed by atoms with Gasteiger partial charge in [-0.2, -0.15) is 8.78 Å². The number of hydrogen-bond acceptors (Lipinski definition) is 2. The summed E-state index contributed by atoms with van der Waals surface area (Å²) in [5.74, 6) is 0.161. The number of fused-ring (bicyclic) bond motifs is 1. The fourth-order valence-electron chi connectivity index (χ4n) is 2.67. The molecule has 2 nitrogen and oxygen atoms in total. The zero-order valence-electron chi connectivity index (χ0n) is 11.2. The number of hydrogen-bond donors (Lipinski definition) is 1. The van der Waals surface area contributed by atoms with Crippen LogP contribution in [0.3, 0.4) is 0 Å². The van der Waals surface area contributed by atoms with Gasteiger partial charge in [0.2, 0.25) is 0 Å². The summed E-state index contributed by atoms with van der Waals surface area (Å²) in [6.45, 7) is -2.80. The van der Waals surface area contributed by atoms with Crippen LogP contribution in [0.2, 0.25) is 5.02 Å². The smallest absolute Gasteiger partial charge is 0.387 e. The molecule has 0 amide bonds. The molecule has 0 aromatic heterocycles. The molecule has 110 valence electrons. The molecule has 0 bridgehead atoms. The number of rotatable bonds is 4. The second kappa shape index (κ2) is 5.90. The molecule has 0 spiro atoms. The molecule has 1 N–H and O–H groups in total. The van der Waals surface area contributed by atoms with E-state index in [9.17, 15) is 8.78 Å². The Hall–Kier alpha value is -1.81. The lowest BCUT2D eigenvalue weighted by Gasteiger charge is -2.16. The maximum absolute atomic E-state index is 12.1. The molecular weight excluding hydrogens is 296 g/mol. The first-order chi connectivity index (χ1) is 10.1. The van der Waals surface area contributed by atoms with Gasteiger partial charge in [0.25, 0.3) is 0 Å². The Balaban J connectivity index is 1.71. The van der Waals surface area contributed by atoms with Crippen molar-refractivity contribution in [1.29, 1.82) is 0 Å². The van der Waals surface area contributed by atoms with Crippen LogP contribution < -0.4 is 10.1 Å². The zero-order chi connectivity index (χ0) is 14.8. The van der Waals surface area contributed by atoms with Gasteiger partial charge in [0.15, 0.2) is 0 Å². The summed E-state index contributed by atoms with van der Waals surface area (Å²) in [6.07, 6.45) is 1.98. The number of ether oxygens (including phenoxy) is 1. The van der Waals surface area contributed by atoms with Gasteiger partial charge in [0, 0.05) is 10.7 Å². The maximum Gasteiger partial charge on any atom is 0.387 e. The molecule has 1 aliphatic rings. The number of anilines is 1. The van der Waals surface area contributed by atoms with E-state index in [0.717, 1.165) is 23.6 Å². The lowest BCUT2D eigenvalue weighted by molar-refractivity contribution is -0.0498. The normalized spacial score (nSPS) is 16.9. The Morgan fingerprint density at radius 1 is 1.14 bits per heavy atom. The van der Waals surface area contributed by atoms with E-state index in [2.05, 4.69) is 10.1 Å². The molecule has 0 radical (unpaired) electrons. The Bertz CT molecular complexity index is 631. The minimum absolute atomic E-state index is 0.161. The van der Waals surface area contributed by atoms with Gasteiger partial charge in [-0.3, -0.25) is 0 Å². The molecule has 2 aromatic carbocycles. The molecule has 1 aliphatic carbocycles. The molecule has 1 unspecified atom stereocenters. The van der Waals surface area contributed by atoms with Crippen molar-refractivity contribution in [1.82, 2.24) is 0 Å². The minimum atomic E-state index is -2.80. The third-order valence-electron chi connectivity index (χ3n) is 3.60. The molecule has 2 aromatic rings.